The number of hydrogen-bond donors (Lipinski definition) is 1. The molecule has 0 rings (SSSR count). The van der Waals surface area contributed by atoms with Crippen molar-refractivity contribution in [3.8, 4) is 0 Å². The Morgan fingerprint density at radius 1 is 1.21 bits per heavy atom. The zero-order chi connectivity index (χ0) is 11.0. The third-order valence-electron chi connectivity index (χ3n) is 1.37. The van der Waals surface area contributed by atoms with Gasteiger partial charge in [-0.1, -0.05) is 26.0 Å². The summed E-state index contributed by atoms with van der Waals surface area (Å²) in [6.07, 6.45) is 5.92. The van der Waals surface area contributed by atoms with Gasteiger partial charge < -0.3 is 5.32 Å². The van der Waals surface area contributed by atoms with Gasteiger partial charge in [-0.2, -0.15) is 0 Å². The number of hydrogen-bond acceptors (Lipinski definition) is 2. The van der Waals surface area contributed by atoms with E-state index < -0.39 is 0 Å². The Balaban J connectivity index is 3.77. The molecule has 0 aliphatic carbocycles. The molecular weight excluding hydrogens is 178 g/mol. The second-order valence-corrected chi connectivity index (χ2v) is 3.47. The van der Waals surface area contributed by atoms with E-state index in [-0.39, 0.29) is 11.7 Å². The molecule has 0 unspecified atom stereocenters. The lowest BCUT2D eigenvalue weighted by Gasteiger charge is -2.03. The highest BCUT2D eigenvalue weighted by molar-refractivity contribution is 5.89. The van der Waals surface area contributed by atoms with Crippen molar-refractivity contribution in [3.05, 3.63) is 24.3 Å². The van der Waals surface area contributed by atoms with E-state index in [0.29, 0.717) is 12.5 Å². The highest BCUT2D eigenvalue weighted by Gasteiger charge is 1.95. The summed E-state index contributed by atoms with van der Waals surface area (Å²) in [6.45, 7) is 6.18. The van der Waals surface area contributed by atoms with Crippen LogP contribution in [-0.4, -0.2) is 18.2 Å². The van der Waals surface area contributed by atoms with Crippen LogP contribution >= 0.6 is 0 Å². The van der Waals surface area contributed by atoms with Crippen LogP contribution in [0.15, 0.2) is 24.3 Å². The fraction of sp³-hybridized carbons (Fsp3) is 0.455. The van der Waals surface area contributed by atoms with E-state index in [1.807, 2.05) is 13.8 Å². The molecule has 0 saturated carbocycles. The molecule has 0 radical (unpaired) electrons. The third-order valence-corrected chi connectivity index (χ3v) is 1.37. The van der Waals surface area contributed by atoms with Crippen molar-refractivity contribution in [1.82, 2.24) is 5.32 Å². The molecule has 0 aromatic rings. The number of carbonyl (C=O) groups is 2. The highest BCUT2D eigenvalue weighted by Crippen LogP contribution is 1.87. The molecule has 3 nitrogen and oxygen atoms in total. The Hall–Kier alpha value is -1.38. The molecule has 78 valence electrons. The van der Waals surface area contributed by atoms with Gasteiger partial charge in [0.2, 0.25) is 5.91 Å². The van der Waals surface area contributed by atoms with E-state index >= 15 is 0 Å². The number of carbonyl (C=O) groups excluding carboxylic acids is 2. The maximum absolute atomic E-state index is 11.1. The first-order valence-corrected chi connectivity index (χ1v) is 4.65. The summed E-state index contributed by atoms with van der Waals surface area (Å²) in [5.74, 6) is 0.282. The molecule has 1 N–H and O–H groups in total. The van der Waals surface area contributed by atoms with Crippen LogP contribution in [0.3, 0.4) is 0 Å². The van der Waals surface area contributed by atoms with Crippen LogP contribution in [0.4, 0.5) is 0 Å². The normalized spacial score (nSPS) is 11.4. The maximum atomic E-state index is 11.1. The van der Waals surface area contributed by atoms with Crippen molar-refractivity contribution >= 4 is 11.7 Å². The monoisotopic (exact) mass is 195 g/mol. The molecule has 14 heavy (non-hydrogen) atoms. The second kappa shape index (κ2) is 7.06. The fourth-order valence-electron chi connectivity index (χ4n) is 0.698. The fourth-order valence-corrected chi connectivity index (χ4v) is 0.698. The van der Waals surface area contributed by atoms with Crippen molar-refractivity contribution in [2.75, 3.05) is 6.54 Å². The van der Waals surface area contributed by atoms with Gasteiger partial charge in [0.25, 0.3) is 0 Å². The lowest BCUT2D eigenvalue weighted by atomic mass is 10.2. The average molecular weight is 195 g/mol. The van der Waals surface area contributed by atoms with Crippen molar-refractivity contribution in [2.45, 2.75) is 20.8 Å². The summed E-state index contributed by atoms with van der Waals surface area (Å²) in [5.41, 5.74) is 0. The topological polar surface area (TPSA) is 46.2 Å². The van der Waals surface area contributed by atoms with Gasteiger partial charge in [-0.05, 0) is 18.9 Å². The van der Waals surface area contributed by atoms with Gasteiger partial charge >= 0.3 is 0 Å². The summed E-state index contributed by atoms with van der Waals surface area (Å²) in [4.78, 5) is 21.6. The molecule has 0 saturated heterocycles. The van der Waals surface area contributed by atoms with E-state index in [4.69, 9.17) is 0 Å². The predicted molar refractivity (Wildman–Crippen MR) is 56.8 cm³/mol. The summed E-state index contributed by atoms with van der Waals surface area (Å²) >= 11 is 0. The molecule has 0 aromatic heterocycles. The minimum absolute atomic E-state index is 0.0303. The largest absolute Gasteiger partial charge is 0.352 e. The summed E-state index contributed by atoms with van der Waals surface area (Å²) in [7, 11) is 0. The molecule has 0 bridgehead atoms. The summed E-state index contributed by atoms with van der Waals surface area (Å²) in [5, 5.41) is 2.73. The molecule has 0 spiro atoms. The zero-order valence-corrected chi connectivity index (χ0v) is 8.91. The van der Waals surface area contributed by atoms with Crippen molar-refractivity contribution in [1.29, 1.82) is 0 Å². The molecule has 0 fully saturated rings. The Labute approximate surface area is 84.9 Å². The Morgan fingerprint density at radius 2 is 1.79 bits per heavy atom. The van der Waals surface area contributed by atoms with Crippen LogP contribution in [0.25, 0.3) is 0 Å². The Morgan fingerprint density at radius 3 is 2.29 bits per heavy atom. The molecular formula is C11H17NO2. The number of rotatable bonds is 5. The molecule has 0 aromatic carbocycles. The Bertz CT molecular complexity index is 252. The summed E-state index contributed by atoms with van der Waals surface area (Å²) < 4.78 is 0. The zero-order valence-electron chi connectivity index (χ0n) is 8.91. The molecule has 0 atom stereocenters. The first-order valence-electron chi connectivity index (χ1n) is 4.65. The minimum Gasteiger partial charge on any atom is -0.352 e. The van der Waals surface area contributed by atoms with E-state index in [0.717, 1.165) is 0 Å². The van der Waals surface area contributed by atoms with Crippen molar-refractivity contribution < 1.29 is 9.59 Å². The molecule has 0 aliphatic rings. The number of allylic oxidation sites excluding steroid dienone is 3. The van der Waals surface area contributed by atoms with Gasteiger partial charge in [-0.3, -0.25) is 9.59 Å². The molecule has 0 aliphatic heterocycles. The number of ketones is 1. The molecule has 0 heterocycles. The van der Waals surface area contributed by atoms with Crippen molar-refractivity contribution in [3.63, 3.8) is 0 Å². The van der Waals surface area contributed by atoms with E-state index in [1.54, 1.807) is 12.2 Å². The van der Waals surface area contributed by atoms with E-state index in [9.17, 15) is 9.59 Å². The first kappa shape index (κ1) is 12.6. The van der Waals surface area contributed by atoms with Crippen LogP contribution in [0.2, 0.25) is 0 Å². The van der Waals surface area contributed by atoms with Gasteiger partial charge in [0.1, 0.15) is 0 Å². The minimum atomic E-state index is -0.132. The second-order valence-electron chi connectivity index (χ2n) is 3.47. The lowest BCUT2D eigenvalue weighted by molar-refractivity contribution is -0.116. The maximum Gasteiger partial charge on any atom is 0.243 e. The molecule has 3 heteroatoms. The van der Waals surface area contributed by atoms with E-state index in [1.165, 1.54) is 19.1 Å². The summed E-state index contributed by atoms with van der Waals surface area (Å²) in [6, 6.07) is 0. The van der Waals surface area contributed by atoms with Crippen LogP contribution in [0, 0.1) is 5.92 Å². The SMILES string of the molecule is CC(=O)C=CC=CC(=O)NCC(C)C. The first-order chi connectivity index (χ1) is 6.52. The third kappa shape index (κ3) is 8.71. The van der Waals surface area contributed by atoms with Crippen LogP contribution < -0.4 is 5.32 Å². The van der Waals surface area contributed by atoms with Crippen LogP contribution in [0.5, 0.6) is 0 Å². The lowest BCUT2D eigenvalue weighted by Crippen LogP contribution is -2.25. The number of nitrogens with one attached hydrogen (secondary N) is 1. The smallest absolute Gasteiger partial charge is 0.243 e. The van der Waals surface area contributed by atoms with Gasteiger partial charge in [-0.15, -0.1) is 0 Å². The van der Waals surface area contributed by atoms with E-state index in [2.05, 4.69) is 5.32 Å². The average Bonchev–Trinajstić information content (AvgIpc) is 2.08. The predicted octanol–water partition coefficient (Wildman–Crippen LogP) is 1.46. The van der Waals surface area contributed by atoms with Gasteiger partial charge in [-0.25, -0.2) is 0 Å². The van der Waals surface area contributed by atoms with Crippen LogP contribution in [-0.2, 0) is 9.59 Å². The quantitative estimate of drug-likeness (QED) is 0.533. The standard InChI is InChI=1S/C11H17NO2/c1-9(2)8-12-11(14)7-5-4-6-10(3)13/h4-7,9H,8H2,1-3H3,(H,12,14). The van der Waals surface area contributed by atoms with Gasteiger partial charge in [0.15, 0.2) is 5.78 Å². The van der Waals surface area contributed by atoms with Crippen molar-refractivity contribution in [2.24, 2.45) is 5.92 Å². The molecule has 1 amide bonds. The van der Waals surface area contributed by atoms with Gasteiger partial charge in [0, 0.05) is 12.6 Å². The van der Waals surface area contributed by atoms with Crippen LogP contribution in [0.1, 0.15) is 20.8 Å². The Kier molecular flexibility index (Phi) is 6.37. The number of amides is 1. The van der Waals surface area contributed by atoms with Gasteiger partial charge in [0.05, 0.1) is 0 Å². The highest BCUT2D eigenvalue weighted by atomic mass is 16.1.